The Balaban J connectivity index is 3.73. The summed E-state index contributed by atoms with van der Waals surface area (Å²) in [6.45, 7) is 0. The molecule has 0 fully saturated rings. The lowest BCUT2D eigenvalue weighted by Gasteiger charge is -2.14. The molecule has 0 saturated heterocycles. The summed E-state index contributed by atoms with van der Waals surface area (Å²) < 4.78 is 9.56. The maximum atomic E-state index is 10.7. The van der Waals surface area contributed by atoms with Crippen molar-refractivity contribution in [3.05, 3.63) is 11.1 Å². The van der Waals surface area contributed by atoms with E-state index in [0.717, 1.165) is 0 Å². The quantitative estimate of drug-likeness (QED) is 0.581. The van der Waals surface area contributed by atoms with E-state index in [1.165, 1.54) is 14.2 Å². The smallest absolute Gasteiger partial charge is 0.207 e. The van der Waals surface area contributed by atoms with Gasteiger partial charge < -0.3 is 19.7 Å². The molecule has 0 aliphatic heterocycles. The Hall–Kier alpha value is -2.24. The van der Waals surface area contributed by atoms with Gasteiger partial charge in [-0.1, -0.05) is 0 Å². The second kappa shape index (κ2) is 4.52. The van der Waals surface area contributed by atoms with Crippen LogP contribution in [0.4, 0.5) is 0 Å². The first kappa shape index (κ1) is 11.8. The number of carbonyl (C=O) groups is 2. The number of hydrogen-bond donors (Lipinski definition) is 2. The van der Waals surface area contributed by atoms with Gasteiger partial charge >= 0.3 is 0 Å². The van der Waals surface area contributed by atoms with Gasteiger partial charge in [0, 0.05) is 0 Å². The van der Waals surface area contributed by atoms with E-state index in [1.54, 1.807) is 0 Å². The van der Waals surface area contributed by atoms with Crippen LogP contribution in [0, 0.1) is 0 Å². The topological polar surface area (TPSA) is 93.1 Å². The Morgan fingerprint density at radius 2 is 1.19 bits per heavy atom. The van der Waals surface area contributed by atoms with Crippen molar-refractivity contribution < 1.29 is 29.3 Å². The average Bonchev–Trinajstić information content (AvgIpc) is 2.30. The van der Waals surface area contributed by atoms with Crippen LogP contribution in [0.5, 0.6) is 23.0 Å². The summed E-state index contributed by atoms with van der Waals surface area (Å²) >= 11 is 0. The summed E-state index contributed by atoms with van der Waals surface area (Å²) in [4.78, 5) is 21.4. The summed E-state index contributed by atoms with van der Waals surface area (Å²) in [6.07, 6.45) is 0.501. The van der Waals surface area contributed by atoms with Gasteiger partial charge in [0.2, 0.25) is 11.5 Å². The predicted molar refractivity (Wildman–Crippen MR) is 53.7 cm³/mol. The molecule has 6 nitrogen and oxygen atoms in total. The van der Waals surface area contributed by atoms with Crippen molar-refractivity contribution in [2.75, 3.05) is 14.2 Å². The first-order valence-electron chi connectivity index (χ1n) is 4.22. The SMILES string of the molecule is COc1c(O)c(C=O)c(C=O)c(O)c1OC. The highest BCUT2D eigenvalue weighted by atomic mass is 16.5. The molecule has 1 rings (SSSR count). The lowest BCUT2D eigenvalue weighted by atomic mass is 10.1. The van der Waals surface area contributed by atoms with E-state index in [0.29, 0.717) is 0 Å². The fourth-order valence-electron chi connectivity index (χ4n) is 1.33. The van der Waals surface area contributed by atoms with Crippen molar-refractivity contribution in [3.8, 4) is 23.0 Å². The van der Waals surface area contributed by atoms with Crippen molar-refractivity contribution in [3.63, 3.8) is 0 Å². The Kier molecular flexibility index (Phi) is 3.34. The van der Waals surface area contributed by atoms with Gasteiger partial charge in [-0.05, 0) is 0 Å². The standard InChI is InChI=1S/C10H10O6/c1-15-9-7(13)5(3-11)6(4-12)8(14)10(9)16-2/h3-4,13-14H,1-2H3. The first-order chi connectivity index (χ1) is 7.62. The molecule has 0 amide bonds. The number of methoxy groups -OCH3 is 2. The van der Waals surface area contributed by atoms with Crippen LogP contribution in [0.25, 0.3) is 0 Å². The minimum absolute atomic E-state index is 0.201. The first-order valence-corrected chi connectivity index (χ1v) is 4.22. The van der Waals surface area contributed by atoms with Crippen LogP contribution in [0.2, 0.25) is 0 Å². The number of rotatable bonds is 4. The van der Waals surface area contributed by atoms with Gasteiger partial charge in [-0.25, -0.2) is 0 Å². The number of phenols is 2. The predicted octanol–water partition coefficient (Wildman–Crippen LogP) is 0.740. The van der Waals surface area contributed by atoms with Crippen LogP contribution in [0.1, 0.15) is 20.7 Å². The lowest BCUT2D eigenvalue weighted by molar-refractivity contribution is 0.108. The maximum absolute atomic E-state index is 10.7. The van der Waals surface area contributed by atoms with Gasteiger partial charge in [0.25, 0.3) is 0 Å². The highest BCUT2D eigenvalue weighted by Gasteiger charge is 2.24. The van der Waals surface area contributed by atoms with Crippen molar-refractivity contribution in [2.45, 2.75) is 0 Å². The molecular formula is C10H10O6. The van der Waals surface area contributed by atoms with Crippen molar-refractivity contribution >= 4 is 12.6 Å². The molecule has 1 aromatic carbocycles. The summed E-state index contributed by atoms with van der Waals surface area (Å²) in [6, 6.07) is 0. The maximum Gasteiger partial charge on any atom is 0.207 e. The molecule has 0 aliphatic rings. The Bertz CT molecular complexity index is 397. The number of benzene rings is 1. The number of carbonyl (C=O) groups excluding carboxylic acids is 2. The minimum atomic E-state index is -0.547. The highest BCUT2D eigenvalue weighted by Crippen LogP contribution is 2.47. The third kappa shape index (κ3) is 1.54. The van der Waals surface area contributed by atoms with Gasteiger partial charge in [0.1, 0.15) is 0 Å². The Labute approximate surface area is 91.0 Å². The lowest BCUT2D eigenvalue weighted by Crippen LogP contribution is -1.99. The highest BCUT2D eigenvalue weighted by molar-refractivity contribution is 5.98. The number of aldehydes is 2. The summed E-state index contributed by atoms with van der Waals surface area (Å²) in [7, 11) is 2.46. The van der Waals surface area contributed by atoms with Crippen LogP contribution in [-0.4, -0.2) is 37.0 Å². The fourth-order valence-corrected chi connectivity index (χ4v) is 1.33. The molecule has 0 bridgehead atoms. The normalized spacial score (nSPS) is 9.62. The summed E-state index contributed by atoms with van der Waals surface area (Å²) in [5, 5.41) is 19.3. The zero-order valence-electron chi connectivity index (χ0n) is 8.68. The molecule has 0 radical (unpaired) electrons. The molecule has 0 aromatic heterocycles. The van der Waals surface area contributed by atoms with Crippen LogP contribution in [0.15, 0.2) is 0 Å². The van der Waals surface area contributed by atoms with Crippen molar-refractivity contribution in [2.24, 2.45) is 0 Å². The van der Waals surface area contributed by atoms with Crippen LogP contribution < -0.4 is 9.47 Å². The van der Waals surface area contributed by atoms with E-state index in [9.17, 15) is 19.8 Å². The van der Waals surface area contributed by atoms with Crippen LogP contribution >= 0.6 is 0 Å². The Morgan fingerprint density at radius 3 is 1.38 bits per heavy atom. The molecule has 86 valence electrons. The number of aromatic hydroxyl groups is 2. The van der Waals surface area contributed by atoms with Crippen molar-refractivity contribution in [1.82, 2.24) is 0 Å². The molecule has 1 aromatic rings. The molecule has 0 heterocycles. The summed E-state index contributed by atoms with van der Waals surface area (Å²) in [5.74, 6) is -1.50. The van der Waals surface area contributed by atoms with Gasteiger partial charge in [0.15, 0.2) is 24.1 Å². The molecule has 0 unspecified atom stereocenters. The largest absolute Gasteiger partial charge is 0.504 e. The number of phenolic OH excluding ortho intramolecular Hbond substituents is 2. The Morgan fingerprint density at radius 1 is 0.875 bits per heavy atom. The van der Waals surface area contributed by atoms with Gasteiger partial charge in [-0.15, -0.1) is 0 Å². The van der Waals surface area contributed by atoms with E-state index in [2.05, 4.69) is 0 Å². The monoisotopic (exact) mass is 226 g/mol. The van der Waals surface area contributed by atoms with Crippen molar-refractivity contribution in [1.29, 1.82) is 0 Å². The van der Waals surface area contributed by atoms with E-state index < -0.39 is 11.5 Å². The fraction of sp³-hybridized carbons (Fsp3) is 0.200. The van der Waals surface area contributed by atoms with E-state index >= 15 is 0 Å². The molecule has 16 heavy (non-hydrogen) atoms. The molecule has 0 spiro atoms. The molecule has 0 aliphatic carbocycles. The third-order valence-electron chi connectivity index (χ3n) is 2.08. The van der Waals surface area contributed by atoms with Gasteiger partial charge in [-0.3, -0.25) is 9.59 Å². The summed E-state index contributed by atoms with van der Waals surface area (Å²) in [5.41, 5.74) is -0.685. The van der Waals surface area contributed by atoms with E-state index in [4.69, 9.17) is 9.47 Å². The second-order valence-electron chi connectivity index (χ2n) is 2.83. The third-order valence-corrected chi connectivity index (χ3v) is 2.08. The minimum Gasteiger partial charge on any atom is -0.504 e. The molecule has 0 atom stereocenters. The molecular weight excluding hydrogens is 216 g/mol. The van der Waals surface area contributed by atoms with Gasteiger partial charge in [0.05, 0.1) is 25.3 Å². The molecule has 0 saturated carbocycles. The van der Waals surface area contributed by atoms with Gasteiger partial charge in [-0.2, -0.15) is 0 Å². The zero-order valence-corrected chi connectivity index (χ0v) is 8.68. The van der Waals surface area contributed by atoms with E-state index in [1.807, 2.05) is 0 Å². The van der Waals surface area contributed by atoms with Crippen LogP contribution in [-0.2, 0) is 0 Å². The molecule has 2 N–H and O–H groups in total. The zero-order chi connectivity index (χ0) is 12.3. The number of ether oxygens (including phenoxy) is 2. The average molecular weight is 226 g/mol. The van der Waals surface area contributed by atoms with E-state index in [-0.39, 0.29) is 35.2 Å². The number of hydrogen-bond acceptors (Lipinski definition) is 6. The second-order valence-corrected chi connectivity index (χ2v) is 2.83. The molecule has 6 heteroatoms. The van der Waals surface area contributed by atoms with Crippen LogP contribution in [0.3, 0.4) is 0 Å².